The summed E-state index contributed by atoms with van der Waals surface area (Å²) in [6, 6.07) is 20.9. The zero-order valence-corrected chi connectivity index (χ0v) is 19.8. The van der Waals surface area contributed by atoms with Crippen molar-refractivity contribution in [3.8, 4) is 11.1 Å². The highest BCUT2D eigenvalue weighted by Gasteiger charge is 2.28. The molecule has 1 aliphatic carbocycles. The van der Waals surface area contributed by atoms with E-state index in [1.807, 2.05) is 24.3 Å². The Hall–Kier alpha value is -3.65. The zero-order valence-electron chi connectivity index (χ0n) is 18.2. The van der Waals surface area contributed by atoms with E-state index in [1.165, 1.54) is 6.07 Å². The number of carbonyl (C=O) groups is 3. The lowest BCUT2D eigenvalue weighted by atomic mass is 9.98. The van der Waals surface area contributed by atoms with Crippen molar-refractivity contribution in [3.63, 3.8) is 0 Å². The fraction of sp³-hybridized carbons (Fsp3) is 0.192. The molecule has 8 heteroatoms. The van der Waals surface area contributed by atoms with Crippen LogP contribution in [0.4, 0.5) is 10.5 Å². The molecule has 3 aromatic rings. The molecule has 1 aliphatic rings. The molecular formula is C26H23BrN2O5. The molecule has 0 saturated carbocycles. The summed E-state index contributed by atoms with van der Waals surface area (Å²) in [5, 5.41) is 14.6. The van der Waals surface area contributed by atoms with Crippen molar-refractivity contribution in [2.45, 2.75) is 18.8 Å². The largest absolute Gasteiger partial charge is 0.478 e. The topological polar surface area (TPSA) is 105 Å². The van der Waals surface area contributed by atoms with E-state index in [0.29, 0.717) is 10.9 Å². The van der Waals surface area contributed by atoms with Crippen molar-refractivity contribution in [3.05, 3.63) is 87.9 Å². The van der Waals surface area contributed by atoms with Crippen LogP contribution in [0.3, 0.4) is 0 Å². The molecule has 34 heavy (non-hydrogen) atoms. The van der Waals surface area contributed by atoms with E-state index in [9.17, 15) is 19.5 Å². The van der Waals surface area contributed by atoms with E-state index in [2.05, 4.69) is 50.8 Å². The van der Waals surface area contributed by atoms with Crippen molar-refractivity contribution in [2.24, 2.45) is 0 Å². The molecule has 0 aromatic heterocycles. The molecule has 174 valence electrons. The van der Waals surface area contributed by atoms with Crippen LogP contribution in [0.2, 0.25) is 0 Å². The summed E-state index contributed by atoms with van der Waals surface area (Å²) in [4.78, 5) is 35.8. The number of hydrogen-bond donors (Lipinski definition) is 3. The van der Waals surface area contributed by atoms with Crippen molar-refractivity contribution >= 4 is 39.6 Å². The summed E-state index contributed by atoms with van der Waals surface area (Å²) < 4.78 is 5.96. The lowest BCUT2D eigenvalue weighted by molar-refractivity contribution is -0.116. The standard InChI is InChI=1S/C26H23BrN2O5/c27-22-12-5-11-20(25(31)32)24(22)29-23(30)13-6-14-28-26(33)34-15-21-18-9-3-1-7-16(18)17-8-2-4-10-19(17)21/h1-5,7-12,21H,6,13-15H2,(H,28,33)(H,29,30)(H,31,32). The molecule has 0 saturated heterocycles. The second kappa shape index (κ2) is 10.5. The van der Waals surface area contributed by atoms with Gasteiger partial charge in [-0.1, -0.05) is 54.6 Å². The van der Waals surface area contributed by atoms with Crippen LogP contribution in [0.1, 0.15) is 40.2 Å². The van der Waals surface area contributed by atoms with Gasteiger partial charge < -0.3 is 20.5 Å². The lowest BCUT2D eigenvalue weighted by Crippen LogP contribution is -2.27. The number of aromatic carboxylic acids is 1. The number of ether oxygens (including phenoxy) is 1. The molecule has 7 nitrogen and oxygen atoms in total. The van der Waals surface area contributed by atoms with E-state index < -0.39 is 12.1 Å². The van der Waals surface area contributed by atoms with Gasteiger partial charge >= 0.3 is 12.1 Å². The SMILES string of the molecule is O=C(CCCNC(=O)OCC1c2ccccc2-c2ccccc21)Nc1c(Br)cccc1C(=O)O. The molecule has 4 rings (SSSR count). The minimum absolute atomic E-state index is 0.000474. The van der Waals surface area contributed by atoms with Gasteiger partial charge in [0.05, 0.1) is 11.3 Å². The molecule has 0 spiro atoms. The fourth-order valence-electron chi connectivity index (χ4n) is 4.12. The number of carbonyl (C=O) groups excluding carboxylic acids is 2. The molecule has 3 aromatic carbocycles. The minimum Gasteiger partial charge on any atom is -0.478 e. The number of halogens is 1. The van der Waals surface area contributed by atoms with Crippen LogP contribution in [-0.4, -0.2) is 36.2 Å². The lowest BCUT2D eigenvalue weighted by Gasteiger charge is -2.14. The van der Waals surface area contributed by atoms with Crippen molar-refractivity contribution < 1.29 is 24.2 Å². The van der Waals surface area contributed by atoms with E-state index in [-0.39, 0.29) is 42.6 Å². The Morgan fingerprint density at radius 1 is 0.912 bits per heavy atom. The first-order valence-electron chi connectivity index (χ1n) is 10.9. The molecule has 0 radical (unpaired) electrons. The number of amides is 2. The van der Waals surface area contributed by atoms with Crippen molar-refractivity contribution in [1.82, 2.24) is 5.32 Å². The third-order valence-corrected chi connectivity index (χ3v) is 6.36. The number of carboxylic acid groups (broad SMARTS) is 1. The molecule has 0 unspecified atom stereocenters. The predicted octanol–water partition coefficient (Wildman–Crippen LogP) is 5.40. The first-order valence-corrected chi connectivity index (χ1v) is 11.7. The first kappa shape index (κ1) is 23.5. The average molecular weight is 523 g/mol. The highest BCUT2D eigenvalue weighted by molar-refractivity contribution is 9.10. The Kier molecular flexibility index (Phi) is 7.27. The van der Waals surface area contributed by atoms with Gasteiger partial charge in [0.25, 0.3) is 0 Å². The predicted molar refractivity (Wildman–Crippen MR) is 132 cm³/mol. The molecule has 0 fully saturated rings. The van der Waals surface area contributed by atoms with Crippen LogP contribution in [0.15, 0.2) is 71.2 Å². The molecular weight excluding hydrogens is 500 g/mol. The molecule has 2 amide bonds. The van der Waals surface area contributed by atoms with Crippen LogP contribution < -0.4 is 10.6 Å². The van der Waals surface area contributed by atoms with Gasteiger partial charge in [-0.25, -0.2) is 9.59 Å². The Morgan fingerprint density at radius 3 is 2.21 bits per heavy atom. The Bertz CT molecular complexity index is 1200. The number of fused-ring (bicyclic) bond motifs is 3. The number of carboxylic acids is 1. The average Bonchev–Trinajstić information content (AvgIpc) is 3.15. The van der Waals surface area contributed by atoms with Crippen LogP contribution in [0.25, 0.3) is 11.1 Å². The zero-order chi connectivity index (χ0) is 24.1. The number of nitrogens with one attached hydrogen (secondary N) is 2. The number of hydrogen-bond acceptors (Lipinski definition) is 4. The van der Waals surface area contributed by atoms with Gasteiger partial charge in [-0.05, 0) is 56.7 Å². The molecule has 0 bridgehead atoms. The summed E-state index contributed by atoms with van der Waals surface area (Å²) in [6.07, 6.45) is -0.0475. The number of anilines is 1. The van der Waals surface area contributed by atoms with Gasteiger partial charge in [-0.15, -0.1) is 0 Å². The Balaban J connectivity index is 1.24. The van der Waals surface area contributed by atoms with Gasteiger partial charge in [0.15, 0.2) is 0 Å². The summed E-state index contributed by atoms with van der Waals surface area (Å²) in [5.74, 6) is -1.49. The molecule has 3 N–H and O–H groups in total. The van der Waals surface area contributed by atoms with Crippen LogP contribution in [-0.2, 0) is 9.53 Å². The highest BCUT2D eigenvalue weighted by atomic mass is 79.9. The minimum atomic E-state index is -1.13. The van der Waals surface area contributed by atoms with Crippen LogP contribution in [0, 0.1) is 0 Å². The van der Waals surface area contributed by atoms with Gasteiger partial charge in [-0.2, -0.15) is 0 Å². The van der Waals surface area contributed by atoms with E-state index in [1.54, 1.807) is 12.1 Å². The maximum Gasteiger partial charge on any atom is 0.407 e. The second-order valence-electron chi connectivity index (χ2n) is 7.87. The molecule has 0 aliphatic heterocycles. The third kappa shape index (κ3) is 5.12. The van der Waals surface area contributed by atoms with E-state index in [0.717, 1.165) is 22.3 Å². The Morgan fingerprint density at radius 2 is 1.56 bits per heavy atom. The quantitative estimate of drug-likeness (QED) is 0.343. The van der Waals surface area contributed by atoms with Crippen LogP contribution in [0.5, 0.6) is 0 Å². The maximum atomic E-state index is 12.2. The number of para-hydroxylation sites is 1. The Labute approximate surface area is 205 Å². The van der Waals surface area contributed by atoms with Crippen molar-refractivity contribution in [2.75, 3.05) is 18.5 Å². The third-order valence-electron chi connectivity index (χ3n) is 5.70. The second-order valence-corrected chi connectivity index (χ2v) is 8.73. The summed E-state index contributed by atoms with van der Waals surface area (Å²) >= 11 is 3.26. The van der Waals surface area contributed by atoms with Crippen LogP contribution >= 0.6 is 15.9 Å². The molecule has 0 atom stereocenters. The fourth-order valence-corrected chi connectivity index (χ4v) is 4.59. The smallest absolute Gasteiger partial charge is 0.407 e. The van der Waals surface area contributed by atoms with Crippen molar-refractivity contribution in [1.29, 1.82) is 0 Å². The van der Waals surface area contributed by atoms with Gasteiger partial charge in [0.1, 0.15) is 6.61 Å². The summed E-state index contributed by atoms with van der Waals surface area (Å²) in [5.41, 5.74) is 4.81. The maximum absolute atomic E-state index is 12.2. The summed E-state index contributed by atoms with van der Waals surface area (Å²) in [7, 11) is 0. The van der Waals surface area contributed by atoms with E-state index >= 15 is 0 Å². The first-order chi connectivity index (χ1) is 16.5. The van der Waals surface area contributed by atoms with E-state index in [4.69, 9.17) is 4.74 Å². The van der Waals surface area contributed by atoms with Gasteiger partial charge in [-0.3, -0.25) is 4.79 Å². The van der Waals surface area contributed by atoms with Gasteiger partial charge in [0.2, 0.25) is 5.91 Å². The number of benzene rings is 3. The normalized spacial score (nSPS) is 11.9. The summed E-state index contributed by atoms with van der Waals surface area (Å²) in [6.45, 7) is 0.478. The van der Waals surface area contributed by atoms with Gasteiger partial charge in [0, 0.05) is 23.4 Å². The number of rotatable bonds is 8. The number of alkyl carbamates (subject to hydrolysis) is 1. The molecule has 0 heterocycles. The highest BCUT2D eigenvalue weighted by Crippen LogP contribution is 2.44. The monoisotopic (exact) mass is 522 g/mol.